The largest absolute Gasteiger partial charge is 0.492 e. The van der Waals surface area contributed by atoms with Crippen LogP contribution in [0.15, 0.2) is 90.1 Å². The second-order valence-electron chi connectivity index (χ2n) is 9.55. The van der Waals surface area contributed by atoms with E-state index in [1.807, 2.05) is 61.5 Å². The number of aryl methyl sites for hydroxylation is 1. The Labute approximate surface area is 217 Å². The molecule has 3 atom stereocenters. The molecular weight excluding hydrogens is 466 g/mol. The zero-order valence-electron chi connectivity index (χ0n) is 21.3. The van der Waals surface area contributed by atoms with Gasteiger partial charge in [0, 0.05) is 24.1 Å². The molecule has 0 fully saturated rings. The van der Waals surface area contributed by atoms with E-state index in [1.165, 1.54) is 14.2 Å². The normalized spacial score (nSPS) is 18.9. The van der Waals surface area contributed by atoms with Crippen LogP contribution in [-0.2, 0) is 31.9 Å². The van der Waals surface area contributed by atoms with E-state index in [1.54, 1.807) is 0 Å². The molecule has 5 rings (SSSR count). The fourth-order valence-electron chi connectivity index (χ4n) is 5.57. The summed E-state index contributed by atoms with van der Waals surface area (Å²) < 4.78 is 16.8. The smallest absolute Gasteiger partial charge is 0.336 e. The third-order valence-electron chi connectivity index (χ3n) is 7.31. The van der Waals surface area contributed by atoms with E-state index >= 15 is 0 Å². The van der Waals surface area contributed by atoms with Crippen molar-refractivity contribution in [2.45, 2.75) is 31.8 Å². The van der Waals surface area contributed by atoms with Gasteiger partial charge >= 0.3 is 11.9 Å². The van der Waals surface area contributed by atoms with Crippen molar-refractivity contribution in [2.24, 2.45) is 5.92 Å². The van der Waals surface area contributed by atoms with Crippen molar-refractivity contribution in [3.63, 3.8) is 0 Å². The first-order valence-electron chi connectivity index (χ1n) is 12.5. The molecule has 0 radical (unpaired) electrons. The summed E-state index contributed by atoms with van der Waals surface area (Å²) in [7, 11) is 2.81. The minimum absolute atomic E-state index is 0.271. The molecular formula is C31H31NO5. The molecule has 0 aliphatic carbocycles. The number of hydrogen-bond donors (Lipinski definition) is 0. The number of para-hydroxylation sites is 1. The van der Waals surface area contributed by atoms with E-state index in [9.17, 15) is 9.59 Å². The van der Waals surface area contributed by atoms with E-state index in [0.717, 1.165) is 33.7 Å². The molecule has 0 spiro atoms. The van der Waals surface area contributed by atoms with Crippen LogP contribution in [0.1, 0.15) is 28.3 Å². The molecule has 0 N–H and O–H groups in total. The second-order valence-corrected chi connectivity index (χ2v) is 9.55. The molecule has 6 nitrogen and oxygen atoms in total. The maximum Gasteiger partial charge on any atom is 0.336 e. The number of fused-ring (bicyclic) bond motifs is 3. The predicted octanol–water partition coefficient (Wildman–Crippen LogP) is 4.81. The molecule has 0 aromatic heterocycles. The van der Waals surface area contributed by atoms with Crippen LogP contribution in [0.25, 0.3) is 0 Å². The Kier molecular flexibility index (Phi) is 6.99. The van der Waals surface area contributed by atoms with Crippen molar-refractivity contribution in [2.75, 3.05) is 20.8 Å². The number of methoxy groups -OCH3 is 2. The molecule has 0 saturated heterocycles. The summed E-state index contributed by atoms with van der Waals surface area (Å²) in [6.45, 7) is 2.36. The van der Waals surface area contributed by atoms with E-state index < -0.39 is 12.0 Å². The molecule has 6 heteroatoms. The zero-order valence-corrected chi connectivity index (χ0v) is 21.3. The SMILES string of the molecule is COC(=O)C1=C(Cc2ccc(C)cc2)N([C@@H](Cc2ccccc2)C(=O)OC)[C@@H]2c3ccccc3OC[C@H]12. The Bertz CT molecular complexity index is 1310. The Morgan fingerprint density at radius 2 is 1.62 bits per heavy atom. The molecule has 0 bridgehead atoms. The summed E-state index contributed by atoms with van der Waals surface area (Å²) >= 11 is 0. The summed E-state index contributed by atoms with van der Waals surface area (Å²) in [5.41, 5.74) is 5.49. The monoisotopic (exact) mass is 497 g/mol. The number of allylic oxidation sites excluding steroid dienone is 1. The number of rotatable bonds is 7. The number of esters is 2. The lowest BCUT2D eigenvalue weighted by Crippen LogP contribution is -2.45. The van der Waals surface area contributed by atoms with Gasteiger partial charge in [0.1, 0.15) is 11.8 Å². The molecule has 0 amide bonds. The standard InChI is InChI=1S/C31H31NO5/c1-20-13-15-22(16-14-20)17-25-28(31(34)36-3)24-19-37-27-12-8-7-11-23(27)29(24)32(25)26(30(33)35-2)18-21-9-5-4-6-10-21/h4-16,24,26,29H,17-19H2,1-3H3/t24-,26+,29-/m1/s1. The predicted molar refractivity (Wildman–Crippen MR) is 140 cm³/mol. The quantitative estimate of drug-likeness (QED) is 0.437. The van der Waals surface area contributed by atoms with Gasteiger partial charge in [-0.25, -0.2) is 9.59 Å². The number of benzene rings is 3. The lowest BCUT2D eigenvalue weighted by atomic mass is 9.86. The highest BCUT2D eigenvalue weighted by Crippen LogP contribution is 2.51. The molecule has 190 valence electrons. The first kappa shape index (κ1) is 24.6. The first-order chi connectivity index (χ1) is 18.0. The molecule has 0 saturated carbocycles. The van der Waals surface area contributed by atoms with Gasteiger partial charge in [0.05, 0.1) is 38.4 Å². The highest BCUT2D eigenvalue weighted by atomic mass is 16.5. The van der Waals surface area contributed by atoms with Crippen LogP contribution >= 0.6 is 0 Å². The van der Waals surface area contributed by atoms with Crippen molar-refractivity contribution < 1.29 is 23.8 Å². The van der Waals surface area contributed by atoms with Gasteiger partial charge in [-0.1, -0.05) is 78.4 Å². The Hall–Kier alpha value is -4.06. The first-order valence-corrected chi connectivity index (χ1v) is 12.5. The van der Waals surface area contributed by atoms with E-state index in [2.05, 4.69) is 29.2 Å². The maximum absolute atomic E-state index is 13.4. The van der Waals surface area contributed by atoms with Gasteiger partial charge in [0.15, 0.2) is 0 Å². The van der Waals surface area contributed by atoms with Gasteiger partial charge in [-0.3, -0.25) is 0 Å². The molecule has 3 aromatic carbocycles. The van der Waals surface area contributed by atoms with E-state index in [0.29, 0.717) is 25.0 Å². The summed E-state index contributed by atoms with van der Waals surface area (Å²) in [5, 5.41) is 0. The van der Waals surface area contributed by atoms with Gasteiger partial charge in [0.25, 0.3) is 0 Å². The molecule has 2 aliphatic rings. The fraction of sp³-hybridized carbons (Fsp3) is 0.290. The molecule has 3 aromatic rings. The maximum atomic E-state index is 13.4. The highest BCUT2D eigenvalue weighted by Gasteiger charge is 2.51. The summed E-state index contributed by atoms with van der Waals surface area (Å²) in [6, 6.07) is 25.0. The van der Waals surface area contributed by atoms with Crippen molar-refractivity contribution in [1.82, 2.24) is 4.90 Å². The number of carbonyl (C=O) groups is 2. The molecule has 37 heavy (non-hydrogen) atoms. The average molecular weight is 498 g/mol. The van der Waals surface area contributed by atoms with Gasteiger partial charge in [0.2, 0.25) is 0 Å². The van der Waals surface area contributed by atoms with Crippen LogP contribution in [0.3, 0.4) is 0 Å². The third-order valence-corrected chi connectivity index (χ3v) is 7.31. The van der Waals surface area contributed by atoms with Gasteiger partial charge < -0.3 is 19.1 Å². The van der Waals surface area contributed by atoms with Crippen molar-refractivity contribution in [1.29, 1.82) is 0 Å². The number of nitrogens with zero attached hydrogens (tertiary/aromatic N) is 1. The summed E-state index contributed by atoms with van der Waals surface area (Å²) in [5.74, 6) is -0.270. The van der Waals surface area contributed by atoms with E-state index in [-0.39, 0.29) is 17.9 Å². The average Bonchev–Trinajstić information content (AvgIpc) is 3.26. The van der Waals surface area contributed by atoms with Gasteiger partial charge in [-0.2, -0.15) is 0 Å². The molecule has 2 heterocycles. The van der Waals surface area contributed by atoms with Gasteiger partial charge in [-0.05, 0) is 24.1 Å². The third kappa shape index (κ3) is 4.71. The number of hydrogen-bond acceptors (Lipinski definition) is 6. The molecule has 0 unspecified atom stereocenters. The summed E-state index contributed by atoms with van der Waals surface area (Å²) in [6.07, 6.45) is 0.910. The zero-order chi connectivity index (χ0) is 25.9. The number of carbonyl (C=O) groups excluding carboxylic acids is 2. The Morgan fingerprint density at radius 1 is 0.919 bits per heavy atom. The van der Waals surface area contributed by atoms with E-state index in [4.69, 9.17) is 14.2 Å². The van der Waals surface area contributed by atoms with Crippen molar-refractivity contribution >= 4 is 11.9 Å². The van der Waals surface area contributed by atoms with Crippen LogP contribution in [0.2, 0.25) is 0 Å². The Morgan fingerprint density at radius 3 is 2.32 bits per heavy atom. The van der Waals surface area contributed by atoms with Crippen molar-refractivity contribution in [3.05, 3.63) is 112 Å². The topological polar surface area (TPSA) is 65.1 Å². The lowest BCUT2D eigenvalue weighted by molar-refractivity contribution is -0.147. The minimum atomic E-state index is -0.645. The minimum Gasteiger partial charge on any atom is -0.492 e. The van der Waals surface area contributed by atoms with Crippen LogP contribution in [0.5, 0.6) is 5.75 Å². The van der Waals surface area contributed by atoms with Crippen LogP contribution in [0.4, 0.5) is 0 Å². The van der Waals surface area contributed by atoms with Crippen molar-refractivity contribution in [3.8, 4) is 5.75 Å². The Balaban J connectivity index is 1.69. The number of ether oxygens (including phenoxy) is 3. The van der Waals surface area contributed by atoms with Crippen LogP contribution in [-0.4, -0.2) is 43.7 Å². The lowest BCUT2D eigenvalue weighted by Gasteiger charge is -2.40. The van der Waals surface area contributed by atoms with Crippen LogP contribution in [0, 0.1) is 12.8 Å². The highest BCUT2D eigenvalue weighted by molar-refractivity contribution is 5.91. The van der Waals surface area contributed by atoms with Crippen LogP contribution < -0.4 is 4.74 Å². The second kappa shape index (κ2) is 10.5. The molecule has 2 aliphatic heterocycles. The fourth-order valence-corrected chi connectivity index (χ4v) is 5.57. The summed E-state index contributed by atoms with van der Waals surface area (Å²) in [4.78, 5) is 28.9. The van der Waals surface area contributed by atoms with Gasteiger partial charge in [-0.15, -0.1) is 0 Å².